The standard InChI is InChI=1S/C26H24ClNO6/c27-20-13-19-17-9-4-5-10-18(17)24(29)33-22(19)14-23(20)34-25(30)21-11-6-12-28(21)26(31)32-15-16-7-2-1-3-8-16/h1-3,7-8,13-14,21H,4-6,9-12,15H2/t21-/m1/s1. The number of carbonyl (C=O) groups is 2. The average Bonchev–Trinajstić information content (AvgIpc) is 3.35. The molecule has 176 valence electrons. The lowest BCUT2D eigenvalue weighted by Gasteiger charge is -2.23. The van der Waals surface area contributed by atoms with Crippen LogP contribution in [0, 0.1) is 0 Å². The number of esters is 1. The number of carbonyl (C=O) groups excluding carboxylic acids is 2. The molecule has 5 rings (SSSR count). The van der Waals surface area contributed by atoms with Crippen molar-refractivity contribution in [2.45, 2.75) is 51.2 Å². The van der Waals surface area contributed by atoms with Crippen molar-refractivity contribution in [1.82, 2.24) is 4.90 Å². The summed E-state index contributed by atoms with van der Waals surface area (Å²) in [6.07, 6.45) is 4.00. The van der Waals surface area contributed by atoms with E-state index in [1.54, 1.807) is 6.07 Å². The number of likely N-dealkylation sites (tertiary alicyclic amines) is 1. The fraction of sp³-hybridized carbons (Fsp3) is 0.346. The van der Waals surface area contributed by atoms with Gasteiger partial charge in [-0.05, 0) is 55.7 Å². The van der Waals surface area contributed by atoms with Crippen LogP contribution in [0.3, 0.4) is 0 Å². The second kappa shape index (κ2) is 9.50. The van der Waals surface area contributed by atoms with Crippen molar-refractivity contribution >= 4 is 34.6 Å². The van der Waals surface area contributed by atoms with Gasteiger partial charge in [-0.15, -0.1) is 0 Å². The number of halogens is 1. The predicted molar refractivity (Wildman–Crippen MR) is 126 cm³/mol. The first-order chi connectivity index (χ1) is 16.5. The Hall–Kier alpha value is -3.32. The lowest BCUT2D eigenvalue weighted by atomic mass is 9.91. The van der Waals surface area contributed by atoms with Gasteiger partial charge < -0.3 is 13.9 Å². The topological polar surface area (TPSA) is 86.0 Å². The van der Waals surface area contributed by atoms with Gasteiger partial charge in [0.25, 0.3) is 0 Å². The van der Waals surface area contributed by atoms with Crippen LogP contribution in [0.5, 0.6) is 5.75 Å². The third kappa shape index (κ3) is 4.40. The van der Waals surface area contributed by atoms with Crippen LogP contribution in [0.1, 0.15) is 42.4 Å². The van der Waals surface area contributed by atoms with Crippen molar-refractivity contribution in [1.29, 1.82) is 0 Å². The summed E-state index contributed by atoms with van der Waals surface area (Å²) in [5.74, 6) is -0.502. The van der Waals surface area contributed by atoms with Crippen LogP contribution in [0.15, 0.2) is 51.7 Å². The molecule has 3 aromatic rings. The minimum Gasteiger partial charge on any atom is -0.445 e. The number of fused-ring (bicyclic) bond motifs is 3. The Morgan fingerprint density at radius 3 is 2.62 bits per heavy atom. The first-order valence-electron chi connectivity index (χ1n) is 11.5. The monoisotopic (exact) mass is 481 g/mol. The maximum Gasteiger partial charge on any atom is 0.410 e. The molecule has 0 saturated carbocycles. The molecule has 1 saturated heterocycles. The highest BCUT2D eigenvalue weighted by Gasteiger charge is 2.37. The molecule has 0 unspecified atom stereocenters. The van der Waals surface area contributed by atoms with Gasteiger partial charge in [0.05, 0.1) is 5.02 Å². The van der Waals surface area contributed by atoms with Crippen LogP contribution in [0.2, 0.25) is 5.02 Å². The van der Waals surface area contributed by atoms with E-state index >= 15 is 0 Å². The van der Waals surface area contributed by atoms with Gasteiger partial charge in [0.15, 0.2) is 5.75 Å². The van der Waals surface area contributed by atoms with E-state index < -0.39 is 18.1 Å². The van der Waals surface area contributed by atoms with Gasteiger partial charge in [-0.25, -0.2) is 14.4 Å². The highest BCUT2D eigenvalue weighted by atomic mass is 35.5. The number of aryl methyl sites for hydroxylation is 1. The van der Waals surface area contributed by atoms with Gasteiger partial charge in [0.2, 0.25) is 0 Å². The molecule has 1 fully saturated rings. The normalized spacial score (nSPS) is 17.4. The van der Waals surface area contributed by atoms with E-state index in [9.17, 15) is 14.4 Å². The fourth-order valence-electron chi connectivity index (χ4n) is 4.73. The molecule has 2 aromatic carbocycles. The molecule has 1 aliphatic heterocycles. The lowest BCUT2D eigenvalue weighted by molar-refractivity contribution is -0.139. The minimum atomic E-state index is -0.773. The third-order valence-corrected chi connectivity index (χ3v) is 6.75. The van der Waals surface area contributed by atoms with E-state index in [1.165, 1.54) is 11.0 Å². The Morgan fingerprint density at radius 1 is 1.06 bits per heavy atom. The molecule has 0 bridgehead atoms. The average molecular weight is 482 g/mol. The van der Waals surface area contributed by atoms with Gasteiger partial charge in [-0.2, -0.15) is 0 Å². The van der Waals surface area contributed by atoms with Crippen LogP contribution >= 0.6 is 11.6 Å². The van der Waals surface area contributed by atoms with Crippen LogP contribution in [0.4, 0.5) is 4.79 Å². The Bertz CT molecular complexity index is 1300. The molecule has 34 heavy (non-hydrogen) atoms. The maximum absolute atomic E-state index is 13.0. The SMILES string of the molecule is O=C(Oc1cc2oc(=O)c3c(c2cc1Cl)CCCC3)[C@H]1CCCN1C(=O)OCc1ccccc1. The first kappa shape index (κ1) is 22.5. The van der Waals surface area contributed by atoms with Gasteiger partial charge in [-0.3, -0.25) is 4.90 Å². The first-order valence-corrected chi connectivity index (χ1v) is 11.9. The van der Waals surface area contributed by atoms with E-state index in [-0.39, 0.29) is 23.0 Å². The van der Waals surface area contributed by atoms with Gasteiger partial charge in [0.1, 0.15) is 18.2 Å². The number of rotatable bonds is 4. The summed E-state index contributed by atoms with van der Waals surface area (Å²) in [6.45, 7) is 0.525. The third-order valence-electron chi connectivity index (χ3n) is 6.45. The molecule has 0 spiro atoms. The molecule has 2 heterocycles. The molecule has 1 amide bonds. The molecule has 0 N–H and O–H groups in total. The summed E-state index contributed by atoms with van der Waals surface area (Å²) in [4.78, 5) is 39.4. The summed E-state index contributed by atoms with van der Waals surface area (Å²) < 4.78 is 16.5. The predicted octanol–water partition coefficient (Wildman–Crippen LogP) is 5.03. The van der Waals surface area contributed by atoms with Crippen molar-refractivity contribution in [2.24, 2.45) is 0 Å². The largest absolute Gasteiger partial charge is 0.445 e. The van der Waals surface area contributed by atoms with E-state index in [1.807, 2.05) is 30.3 Å². The Labute approximate surface area is 201 Å². The van der Waals surface area contributed by atoms with Crippen LogP contribution in [-0.2, 0) is 29.0 Å². The molecule has 1 aromatic heterocycles. The van der Waals surface area contributed by atoms with Crippen LogP contribution in [0.25, 0.3) is 11.0 Å². The van der Waals surface area contributed by atoms with E-state index in [0.29, 0.717) is 37.0 Å². The molecule has 2 aliphatic rings. The molecule has 8 heteroatoms. The molecule has 1 atom stereocenters. The molecule has 1 aliphatic carbocycles. The van der Waals surface area contributed by atoms with Crippen LogP contribution in [-0.4, -0.2) is 29.5 Å². The van der Waals surface area contributed by atoms with Gasteiger partial charge >= 0.3 is 17.7 Å². The lowest BCUT2D eigenvalue weighted by Crippen LogP contribution is -2.42. The van der Waals surface area contributed by atoms with Crippen molar-refractivity contribution in [3.63, 3.8) is 0 Å². The van der Waals surface area contributed by atoms with Gasteiger partial charge in [0, 0.05) is 23.6 Å². The maximum atomic E-state index is 13.0. The highest BCUT2D eigenvalue weighted by molar-refractivity contribution is 6.33. The van der Waals surface area contributed by atoms with Crippen molar-refractivity contribution in [2.75, 3.05) is 6.54 Å². The molecular formula is C26H24ClNO6. The zero-order valence-electron chi connectivity index (χ0n) is 18.6. The highest BCUT2D eigenvalue weighted by Crippen LogP contribution is 2.35. The number of nitrogens with zero attached hydrogens (tertiary/aromatic N) is 1. The smallest absolute Gasteiger partial charge is 0.410 e. The zero-order valence-corrected chi connectivity index (χ0v) is 19.3. The minimum absolute atomic E-state index is 0.0996. The summed E-state index contributed by atoms with van der Waals surface area (Å²) in [5.41, 5.74) is 2.50. The quantitative estimate of drug-likeness (QED) is 0.295. The van der Waals surface area contributed by atoms with Crippen molar-refractivity contribution < 1.29 is 23.5 Å². The Kier molecular flexibility index (Phi) is 6.28. The summed E-state index contributed by atoms with van der Waals surface area (Å²) in [5, 5.41) is 1.02. The summed E-state index contributed by atoms with van der Waals surface area (Å²) in [7, 11) is 0. The number of amides is 1. The Balaban J connectivity index is 1.33. The summed E-state index contributed by atoms with van der Waals surface area (Å²) in [6, 6.07) is 11.7. The van der Waals surface area contributed by atoms with Crippen LogP contribution < -0.4 is 10.4 Å². The van der Waals surface area contributed by atoms with Gasteiger partial charge in [-0.1, -0.05) is 41.9 Å². The zero-order chi connectivity index (χ0) is 23.7. The fourth-order valence-corrected chi connectivity index (χ4v) is 4.93. The van der Waals surface area contributed by atoms with E-state index in [2.05, 4.69) is 0 Å². The molecule has 7 nitrogen and oxygen atoms in total. The molecule has 0 radical (unpaired) electrons. The van der Waals surface area contributed by atoms with E-state index in [0.717, 1.165) is 35.8 Å². The second-order valence-corrected chi connectivity index (χ2v) is 9.05. The number of ether oxygens (including phenoxy) is 2. The Morgan fingerprint density at radius 2 is 1.82 bits per heavy atom. The second-order valence-electron chi connectivity index (χ2n) is 8.65. The number of benzene rings is 2. The van der Waals surface area contributed by atoms with E-state index in [4.69, 9.17) is 25.5 Å². The summed E-state index contributed by atoms with van der Waals surface area (Å²) >= 11 is 6.45. The van der Waals surface area contributed by atoms with Crippen molar-refractivity contribution in [3.05, 3.63) is 74.6 Å². The van der Waals surface area contributed by atoms with Crippen molar-refractivity contribution in [3.8, 4) is 5.75 Å². The number of hydrogen-bond donors (Lipinski definition) is 0. The molecular weight excluding hydrogens is 458 g/mol. The number of hydrogen-bond acceptors (Lipinski definition) is 6.